The molecule has 1 rings (SSSR count). The van der Waals surface area contributed by atoms with Gasteiger partial charge in [-0.2, -0.15) is 0 Å². The molecular weight excluding hydrogens is 254 g/mol. The molecule has 1 aromatic carbocycles. The van der Waals surface area contributed by atoms with E-state index in [4.69, 9.17) is 14.9 Å². The third-order valence-electron chi connectivity index (χ3n) is 2.45. The lowest BCUT2D eigenvalue weighted by Crippen LogP contribution is -2.42. The van der Waals surface area contributed by atoms with E-state index in [1.54, 1.807) is 0 Å². The molecule has 3 N–H and O–H groups in total. The highest BCUT2D eigenvalue weighted by Gasteiger charge is 2.14. The van der Waals surface area contributed by atoms with Gasteiger partial charge in [-0.25, -0.2) is 0 Å². The molecular formula is C13H22ClNO3. The second kappa shape index (κ2) is 8.32. The normalized spacial score (nSPS) is 10.9. The van der Waals surface area contributed by atoms with Crippen LogP contribution >= 0.6 is 12.4 Å². The van der Waals surface area contributed by atoms with E-state index < -0.39 is 0 Å². The SMILES string of the molecule is CC(C)(CO)NCc1ccc(OCCO)cc1.Cl. The highest BCUT2D eigenvalue weighted by atomic mass is 35.5. The van der Waals surface area contributed by atoms with Crippen LogP contribution in [0.3, 0.4) is 0 Å². The number of aliphatic hydroxyl groups excluding tert-OH is 2. The molecule has 0 aliphatic heterocycles. The van der Waals surface area contributed by atoms with Crippen molar-refractivity contribution in [2.75, 3.05) is 19.8 Å². The zero-order chi connectivity index (χ0) is 12.7. The fourth-order valence-corrected chi connectivity index (χ4v) is 1.26. The largest absolute Gasteiger partial charge is 0.491 e. The number of halogens is 1. The van der Waals surface area contributed by atoms with Crippen LogP contribution in [0.5, 0.6) is 5.75 Å². The third kappa shape index (κ3) is 6.21. The van der Waals surface area contributed by atoms with Crippen LogP contribution in [0.4, 0.5) is 0 Å². The monoisotopic (exact) mass is 275 g/mol. The lowest BCUT2D eigenvalue weighted by Gasteiger charge is -2.23. The van der Waals surface area contributed by atoms with E-state index in [2.05, 4.69) is 5.32 Å². The molecule has 0 aliphatic rings. The number of aliphatic hydroxyl groups is 2. The summed E-state index contributed by atoms with van der Waals surface area (Å²) in [5, 5.41) is 21.0. The Morgan fingerprint density at radius 1 is 1.17 bits per heavy atom. The zero-order valence-corrected chi connectivity index (χ0v) is 11.7. The standard InChI is InChI=1S/C13H21NO3.ClH/c1-13(2,10-16)14-9-11-3-5-12(6-4-11)17-8-7-15;/h3-6,14-16H,7-10H2,1-2H3;1H. The summed E-state index contributed by atoms with van der Waals surface area (Å²) < 4.78 is 5.27. The van der Waals surface area contributed by atoms with Crippen LogP contribution in [-0.2, 0) is 6.54 Å². The van der Waals surface area contributed by atoms with Gasteiger partial charge in [-0.05, 0) is 31.5 Å². The summed E-state index contributed by atoms with van der Waals surface area (Å²) in [6.07, 6.45) is 0. The Labute approximate surface area is 114 Å². The van der Waals surface area contributed by atoms with Crippen molar-refractivity contribution in [3.05, 3.63) is 29.8 Å². The van der Waals surface area contributed by atoms with Gasteiger partial charge in [-0.15, -0.1) is 12.4 Å². The van der Waals surface area contributed by atoms with E-state index in [0.717, 1.165) is 11.3 Å². The first kappa shape index (κ1) is 17.2. The fraction of sp³-hybridized carbons (Fsp3) is 0.538. The highest BCUT2D eigenvalue weighted by molar-refractivity contribution is 5.85. The summed E-state index contributed by atoms with van der Waals surface area (Å²) in [6.45, 7) is 5.04. The van der Waals surface area contributed by atoms with Crippen LogP contribution in [0.15, 0.2) is 24.3 Å². The first-order valence-corrected chi connectivity index (χ1v) is 5.76. The summed E-state index contributed by atoms with van der Waals surface area (Å²) >= 11 is 0. The molecule has 4 nitrogen and oxygen atoms in total. The molecule has 0 radical (unpaired) electrons. The van der Waals surface area contributed by atoms with Crippen LogP contribution in [-0.4, -0.2) is 35.6 Å². The fourth-order valence-electron chi connectivity index (χ4n) is 1.26. The quantitative estimate of drug-likeness (QED) is 0.703. The zero-order valence-electron chi connectivity index (χ0n) is 10.8. The van der Waals surface area contributed by atoms with Crippen LogP contribution in [0.25, 0.3) is 0 Å². The second-order valence-electron chi connectivity index (χ2n) is 4.61. The van der Waals surface area contributed by atoms with Crippen molar-refractivity contribution in [2.24, 2.45) is 0 Å². The van der Waals surface area contributed by atoms with Gasteiger partial charge in [0.1, 0.15) is 12.4 Å². The molecule has 0 heterocycles. The average Bonchev–Trinajstić information content (AvgIpc) is 2.35. The van der Waals surface area contributed by atoms with Crippen molar-refractivity contribution in [2.45, 2.75) is 25.9 Å². The average molecular weight is 276 g/mol. The smallest absolute Gasteiger partial charge is 0.119 e. The maximum absolute atomic E-state index is 9.11. The van der Waals surface area contributed by atoms with E-state index in [9.17, 15) is 0 Å². The van der Waals surface area contributed by atoms with E-state index >= 15 is 0 Å². The maximum atomic E-state index is 9.11. The minimum Gasteiger partial charge on any atom is -0.491 e. The molecule has 0 saturated heterocycles. The van der Waals surface area contributed by atoms with Gasteiger partial charge >= 0.3 is 0 Å². The van der Waals surface area contributed by atoms with Crippen molar-refractivity contribution >= 4 is 12.4 Å². The Bertz CT molecular complexity index is 328. The lowest BCUT2D eigenvalue weighted by molar-refractivity contribution is 0.187. The van der Waals surface area contributed by atoms with Crippen LogP contribution in [0.1, 0.15) is 19.4 Å². The number of rotatable bonds is 7. The van der Waals surface area contributed by atoms with Crippen molar-refractivity contribution in [3.8, 4) is 5.75 Å². The van der Waals surface area contributed by atoms with Gasteiger partial charge < -0.3 is 20.3 Å². The Kier molecular flexibility index (Phi) is 7.95. The molecule has 0 amide bonds. The van der Waals surface area contributed by atoms with Crippen LogP contribution in [0, 0.1) is 0 Å². The predicted octanol–water partition coefficient (Wildman–Crippen LogP) is 1.34. The molecule has 0 bridgehead atoms. The van der Waals surface area contributed by atoms with E-state index in [1.165, 1.54) is 0 Å². The van der Waals surface area contributed by atoms with Gasteiger partial charge in [0.15, 0.2) is 0 Å². The summed E-state index contributed by atoms with van der Waals surface area (Å²) in [4.78, 5) is 0. The minimum absolute atomic E-state index is 0. The Hall–Kier alpha value is -0.810. The summed E-state index contributed by atoms with van der Waals surface area (Å²) in [6, 6.07) is 7.68. The van der Waals surface area contributed by atoms with E-state index in [0.29, 0.717) is 13.2 Å². The highest BCUT2D eigenvalue weighted by Crippen LogP contribution is 2.12. The molecule has 0 atom stereocenters. The van der Waals surface area contributed by atoms with Gasteiger partial charge in [0.2, 0.25) is 0 Å². The van der Waals surface area contributed by atoms with Gasteiger partial charge in [0.05, 0.1) is 13.2 Å². The molecule has 5 heteroatoms. The molecule has 18 heavy (non-hydrogen) atoms. The molecule has 0 aliphatic carbocycles. The van der Waals surface area contributed by atoms with Crippen molar-refractivity contribution in [1.82, 2.24) is 5.32 Å². The van der Waals surface area contributed by atoms with Crippen LogP contribution < -0.4 is 10.1 Å². The first-order chi connectivity index (χ1) is 8.07. The van der Waals surface area contributed by atoms with Gasteiger partial charge in [0, 0.05) is 12.1 Å². The van der Waals surface area contributed by atoms with Crippen molar-refractivity contribution < 1.29 is 14.9 Å². The molecule has 0 unspecified atom stereocenters. The van der Waals surface area contributed by atoms with E-state index in [1.807, 2.05) is 38.1 Å². The Morgan fingerprint density at radius 2 is 1.78 bits per heavy atom. The van der Waals surface area contributed by atoms with Crippen molar-refractivity contribution in [3.63, 3.8) is 0 Å². The molecule has 0 spiro atoms. The molecule has 104 valence electrons. The number of hydrogen-bond donors (Lipinski definition) is 3. The minimum atomic E-state index is -0.272. The summed E-state index contributed by atoms with van der Waals surface area (Å²) in [5.41, 5.74) is 0.856. The number of benzene rings is 1. The van der Waals surface area contributed by atoms with Gasteiger partial charge in [0.25, 0.3) is 0 Å². The van der Waals surface area contributed by atoms with Gasteiger partial charge in [-0.1, -0.05) is 12.1 Å². The van der Waals surface area contributed by atoms with Gasteiger partial charge in [-0.3, -0.25) is 0 Å². The second-order valence-corrected chi connectivity index (χ2v) is 4.61. The molecule has 1 aromatic rings. The first-order valence-electron chi connectivity index (χ1n) is 5.76. The Balaban J connectivity index is 0.00000289. The molecule has 0 aromatic heterocycles. The molecule has 0 saturated carbocycles. The third-order valence-corrected chi connectivity index (χ3v) is 2.45. The topological polar surface area (TPSA) is 61.7 Å². The summed E-state index contributed by atoms with van der Waals surface area (Å²) in [5.74, 6) is 0.754. The lowest BCUT2D eigenvalue weighted by atomic mass is 10.1. The van der Waals surface area contributed by atoms with E-state index in [-0.39, 0.29) is 31.2 Å². The number of nitrogens with one attached hydrogen (secondary N) is 1. The van der Waals surface area contributed by atoms with Crippen LogP contribution in [0.2, 0.25) is 0 Å². The number of hydrogen-bond acceptors (Lipinski definition) is 4. The van der Waals surface area contributed by atoms with Crippen molar-refractivity contribution in [1.29, 1.82) is 0 Å². The summed E-state index contributed by atoms with van der Waals surface area (Å²) in [7, 11) is 0. The predicted molar refractivity (Wildman–Crippen MR) is 74.3 cm³/mol. The maximum Gasteiger partial charge on any atom is 0.119 e. The number of ether oxygens (including phenoxy) is 1. The molecule has 0 fully saturated rings. The Morgan fingerprint density at radius 3 is 2.28 bits per heavy atom.